The van der Waals surface area contributed by atoms with E-state index in [1.54, 1.807) is 18.3 Å². The highest BCUT2D eigenvalue weighted by Gasteiger charge is 2.31. The first-order valence-corrected chi connectivity index (χ1v) is 9.23. The predicted molar refractivity (Wildman–Crippen MR) is 100 cm³/mol. The highest BCUT2D eigenvalue weighted by molar-refractivity contribution is 5.79. The largest absolute Gasteiger partial charge is 0.348 e. The lowest BCUT2D eigenvalue weighted by Crippen LogP contribution is -2.45. The highest BCUT2D eigenvalue weighted by atomic mass is 19.1. The van der Waals surface area contributed by atoms with Crippen LogP contribution in [0.3, 0.4) is 0 Å². The van der Waals surface area contributed by atoms with Gasteiger partial charge >= 0.3 is 0 Å². The third-order valence-electron chi connectivity index (χ3n) is 4.89. The summed E-state index contributed by atoms with van der Waals surface area (Å²) in [5, 5.41) is 2.99. The fourth-order valence-electron chi connectivity index (χ4n) is 3.65. The van der Waals surface area contributed by atoms with Crippen molar-refractivity contribution < 1.29 is 14.0 Å². The van der Waals surface area contributed by atoms with Gasteiger partial charge in [0.1, 0.15) is 5.82 Å². The molecule has 2 atom stereocenters. The number of hydrogen-bond acceptors (Lipinski definition) is 3. The molecule has 142 valence electrons. The van der Waals surface area contributed by atoms with Gasteiger partial charge in [-0.3, -0.25) is 14.6 Å². The van der Waals surface area contributed by atoms with Crippen molar-refractivity contribution in [3.63, 3.8) is 0 Å². The maximum absolute atomic E-state index is 13.4. The normalized spacial score (nSPS) is 18.0. The second-order valence-electron chi connectivity index (χ2n) is 6.98. The van der Waals surface area contributed by atoms with Crippen LogP contribution in [0.15, 0.2) is 48.7 Å². The summed E-state index contributed by atoms with van der Waals surface area (Å²) >= 11 is 0. The molecule has 3 rings (SSSR count). The predicted octanol–water partition coefficient (Wildman–Crippen LogP) is 2.88. The standard InChI is InChI=1S/C21H24FN3O2/c1-15(26)24-21(19-9-2-3-10-23-19)17-7-5-11-25(14-17)20(27)13-16-6-4-8-18(22)12-16/h2-4,6,8-10,12,17,21H,5,7,11,13-14H2,1H3,(H,24,26)/t17-,21-/m1/s1. The molecule has 0 spiro atoms. The number of halogens is 1. The Kier molecular flexibility index (Phi) is 6.16. The topological polar surface area (TPSA) is 62.3 Å². The van der Waals surface area contributed by atoms with Crippen molar-refractivity contribution in [2.75, 3.05) is 13.1 Å². The number of carbonyl (C=O) groups is 2. The maximum Gasteiger partial charge on any atom is 0.227 e. The molecule has 2 heterocycles. The zero-order valence-electron chi connectivity index (χ0n) is 15.4. The van der Waals surface area contributed by atoms with Gasteiger partial charge in [-0.05, 0) is 42.7 Å². The highest BCUT2D eigenvalue weighted by Crippen LogP contribution is 2.29. The van der Waals surface area contributed by atoms with Gasteiger partial charge in [0.15, 0.2) is 0 Å². The number of nitrogens with one attached hydrogen (secondary N) is 1. The van der Waals surface area contributed by atoms with Crippen molar-refractivity contribution >= 4 is 11.8 Å². The Bertz CT molecular complexity index is 797. The van der Waals surface area contributed by atoms with Gasteiger partial charge in [0.05, 0.1) is 18.2 Å². The molecule has 0 saturated carbocycles. The number of aromatic nitrogens is 1. The SMILES string of the molecule is CC(=O)N[C@@H](c1ccccn1)[C@@H]1CCCN(C(=O)Cc2cccc(F)c2)C1. The van der Waals surface area contributed by atoms with Crippen molar-refractivity contribution in [3.05, 3.63) is 65.7 Å². The van der Waals surface area contributed by atoms with Gasteiger partial charge in [-0.25, -0.2) is 4.39 Å². The average molecular weight is 369 g/mol. The monoisotopic (exact) mass is 369 g/mol. The van der Waals surface area contributed by atoms with E-state index in [1.807, 2.05) is 23.1 Å². The van der Waals surface area contributed by atoms with E-state index in [4.69, 9.17) is 0 Å². The molecule has 1 aromatic heterocycles. The summed E-state index contributed by atoms with van der Waals surface area (Å²) in [5.74, 6) is -0.381. The van der Waals surface area contributed by atoms with E-state index in [9.17, 15) is 14.0 Å². The Morgan fingerprint density at radius 1 is 1.30 bits per heavy atom. The van der Waals surface area contributed by atoms with E-state index in [0.717, 1.165) is 18.5 Å². The molecule has 27 heavy (non-hydrogen) atoms. The summed E-state index contributed by atoms with van der Waals surface area (Å²) < 4.78 is 13.4. The fourth-order valence-corrected chi connectivity index (χ4v) is 3.65. The van der Waals surface area contributed by atoms with Crippen LogP contribution in [0, 0.1) is 11.7 Å². The summed E-state index contributed by atoms with van der Waals surface area (Å²) in [6.45, 7) is 2.72. The summed E-state index contributed by atoms with van der Waals surface area (Å²) in [5.41, 5.74) is 1.47. The van der Waals surface area contributed by atoms with E-state index < -0.39 is 0 Å². The Balaban J connectivity index is 1.71. The molecule has 5 nitrogen and oxygen atoms in total. The summed E-state index contributed by atoms with van der Waals surface area (Å²) in [6, 6.07) is 11.5. The van der Waals surface area contributed by atoms with E-state index in [1.165, 1.54) is 19.1 Å². The number of pyridine rings is 1. The van der Waals surface area contributed by atoms with Crippen LogP contribution in [-0.4, -0.2) is 34.8 Å². The van der Waals surface area contributed by atoms with Crippen LogP contribution in [0.5, 0.6) is 0 Å². The molecule has 1 aliphatic rings. The smallest absolute Gasteiger partial charge is 0.227 e. The lowest BCUT2D eigenvalue weighted by Gasteiger charge is -2.37. The molecule has 1 N–H and O–H groups in total. The van der Waals surface area contributed by atoms with Gasteiger partial charge in [-0.1, -0.05) is 18.2 Å². The molecule has 1 aromatic carbocycles. The molecule has 2 aromatic rings. The first kappa shape index (κ1) is 19.0. The molecule has 1 aliphatic heterocycles. The zero-order valence-corrected chi connectivity index (χ0v) is 15.4. The average Bonchev–Trinajstić information content (AvgIpc) is 2.67. The minimum absolute atomic E-state index is 0.0205. The second-order valence-corrected chi connectivity index (χ2v) is 6.98. The number of likely N-dealkylation sites (tertiary alicyclic amines) is 1. The van der Waals surface area contributed by atoms with Crippen LogP contribution < -0.4 is 5.32 Å². The van der Waals surface area contributed by atoms with Gasteiger partial charge in [-0.15, -0.1) is 0 Å². The quantitative estimate of drug-likeness (QED) is 0.882. The van der Waals surface area contributed by atoms with Crippen LogP contribution in [0.2, 0.25) is 0 Å². The second kappa shape index (κ2) is 8.75. The molecular weight excluding hydrogens is 345 g/mol. The first-order valence-electron chi connectivity index (χ1n) is 9.23. The Morgan fingerprint density at radius 3 is 2.85 bits per heavy atom. The number of nitrogens with zero attached hydrogens (tertiary/aromatic N) is 2. The Labute approximate surface area is 158 Å². The van der Waals surface area contributed by atoms with Gasteiger partial charge in [0.2, 0.25) is 11.8 Å². The number of amides is 2. The van der Waals surface area contributed by atoms with Crippen molar-refractivity contribution in [2.45, 2.75) is 32.2 Å². The fraction of sp³-hybridized carbons (Fsp3) is 0.381. The third kappa shape index (κ3) is 5.12. The van der Waals surface area contributed by atoms with E-state index >= 15 is 0 Å². The van der Waals surface area contributed by atoms with Gasteiger partial charge in [0.25, 0.3) is 0 Å². The molecule has 1 fully saturated rings. The molecule has 0 bridgehead atoms. The van der Waals surface area contributed by atoms with Crippen LogP contribution in [0.1, 0.15) is 37.1 Å². The lowest BCUT2D eigenvalue weighted by molar-refractivity contribution is -0.132. The Morgan fingerprint density at radius 2 is 2.15 bits per heavy atom. The summed E-state index contributed by atoms with van der Waals surface area (Å²) in [6.07, 6.45) is 3.66. The maximum atomic E-state index is 13.4. The van der Waals surface area contributed by atoms with Crippen LogP contribution in [-0.2, 0) is 16.0 Å². The number of carbonyl (C=O) groups excluding carboxylic acids is 2. The number of benzene rings is 1. The Hall–Kier alpha value is -2.76. The van der Waals surface area contributed by atoms with E-state index in [-0.39, 0.29) is 36.0 Å². The number of hydrogen-bond donors (Lipinski definition) is 1. The lowest BCUT2D eigenvalue weighted by atomic mass is 9.88. The molecule has 6 heteroatoms. The number of piperidine rings is 1. The zero-order chi connectivity index (χ0) is 19.2. The molecule has 0 unspecified atom stereocenters. The third-order valence-corrected chi connectivity index (χ3v) is 4.89. The first-order chi connectivity index (χ1) is 13.0. The van der Waals surface area contributed by atoms with Gasteiger partial charge in [0, 0.05) is 32.1 Å². The number of rotatable bonds is 5. The van der Waals surface area contributed by atoms with Gasteiger partial charge < -0.3 is 10.2 Å². The molecule has 0 aliphatic carbocycles. The summed E-state index contributed by atoms with van der Waals surface area (Å²) in [7, 11) is 0. The molecule has 0 radical (unpaired) electrons. The van der Waals surface area contributed by atoms with Crippen LogP contribution in [0.25, 0.3) is 0 Å². The van der Waals surface area contributed by atoms with Crippen molar-refractivity contribution in [1.82, 2.24) is 15.2 Å². The van der Waals surface area contributed by atoms with Crippen LogP contribution in [0.4, 0.5) is 4.39 Å². The minimum Gasteiger partial charge on any atom is -0.348 e. The van der Waals surface area contributed by atoms with E-state index in [0.29, 0.717) is 18.7 Å². The van der Waals surface area contributed by atoms with Gasteiger partial charge in [-0.2, -0.15) is 0 Å². The van der Waals surface area contributed by atoms with E-state index in [2.05, 4.69) is 10.3 Å². The summed E-state index contributed by atoms with van der Waals surface area (Å²) in [4.78, 5) is 30.6. The van der Waals surface area contributed by atoms with Crippen molar-refractivity contribution in [3.8, 4) is 0 Å². The molecule has 2 amide bonds. The molecule has 1 saturated heterocycles. The van der Waals surface area contributed by atoms with Crippen molar-refractivity contribution in [2.24, 2.45) is 5.92 Å². The minimum atomic E-state index is -0.335. The van der Waals surface area contributed by atoms with Crippen LogP contribution >= 0.6 is 0 Å². The van der Waals surface area contributed by atoms with Crippen molar-refractivity contribution in [1.29, 1.82) is 0 Å². The molecular formula is C21H24FN3O2.